The van der Waals surface area contributed by atoms with Crippen LogP contribution in [-0.2, 0) is 31.9 Å². The number of methoxy groups -OCH3 is 2. The zero-order valence-corrected chi connectivity index (χ0v) is 26.9. The molecule has 2 N–H and O–H groups in total. The lowest BCUT2D eigenvalue weighted by Crippen LogP contribution is -2.37. The van der Waals surface area contributed by atoms with Crippen LogP contribution in [0.1, 0.15) is 36.1 Å². The number of aromatic nitrogens is 2. The second kappa shape index (κ2) is 14.5. The summed E-state index contributed by atoms with van der Waals surface area (Å²) in [6.45, 7) is 9.32. The number of esters is 2. The first-order valence-corrected chi connectivity index (χ1v) is 14.9. The van der Waals surface area contributed by atoms with E-state index in [1.54, 1.807) is 14.2 Å². The van der Waals surface area contributed by atoms with Crippen molar-refractivity contribution in [3.05, 3.63) is 71.1 Å². The molecule has 2 atom stereocenters. The number of rotatable bonds is 14. The molecule has 4 aromatic rings. The van der Waals surface area contributed by atoms with Crippen LogP contribution in [0.15, 0.2) is 48.8 Å². The summed E-state index contributed by atoms with van der Waals surface area (Å²) in [7, 11) is 7.06. The van der Waals surface area contributed by atoms with Gasteiger partial charge < -0.3 is 28.9 Å². The Labute approximate surface area is 258 Å². The number of carbonyl (C=O) groups is 2. The fourth-order valence-electron chi connectivity index (χ4n) is 5.36. The summed E-state index contributed by atoms with van der Waals surface area (Å²) in [6.07, 6.45) is 5.83. The summed E-state index contributed by atoms with van der Waals surface area (Å²) in [6, 6.07) is 8.08. The molecule has 0 saturated carbocycles. The highest BCUT2D eigenvalue weighted by Gasteiger charge is 2.23. The number of hydrogen-bond donors (Lipinski definition) is 2. The molecule has 10 nitrogen and oxygen atoms in total. The highest BCUT2D eigenvalue weighted by atomic mass is 16.6. The minimum Gasteiger partial charge on any atom is -0.496 e. The molecule has 0 spiro atoms. The van der Waals surface area contributed by atoms with Gasteiger partial charge in [-0.2, -0.15) is 0 Å². The molecule has 2 unspecified atom stereocenters. The van der Waals surface area contributed by atoms with Gasteiger partial charge in [0.25, 0.3) is 0 Å². The molecule has 0 radical (unpaired) electrons. The topological polar surface area (TPSA) is 109 Å². The molecule has 2 aromatic carbocycles. The van der Waals surface area contributed by atoms with Crippen molar-refractivity contribution in [2.75, 3.05) is 41.4 Å². The number of carbonyl (C=O) groups excluding carboxylic acids is 2. The molecule has 0 amide bonds. The van der Waals surface area contributed by atoms with E-state index in [2.05, 4.69) is 22.1 Å². The molecule has 236 valence electrons. The van der Waals surface area contributed by atoms with Crippen LogP contribution < -0.4 is 9.47 Å². The van der Waals surface area contributed by atoms with E-state index in [-0.39, 0.29) is 0 Å². The second-order valence-corrected chi connectivity index (χ2v) is 11.1. The van der Waals surface area contributed by atoms with E-state index in [4.69, 9.17) is 18.9 Å². The number of likely N-dealkylation sites (N-methyl/N-ethyl adjacent to an activating group) is 2. The molecule has 0 bridgehead atoms. The first-order valence-electron chi connectivity index (χ1n) is 14.9. The third-order valence-corrected chi connectivity index (χ3v) is 8.01. The third kappa shape index (κ3) is 7.43. The second-order valence-electron chi connectivity index (χ2n) is 11.1. The number of aromatic amines is 2. The Kier molecular flexibility index (Phi) is 10.7. The maximum atomic E-state index is 12.9. The number of nitrogens with zero attached hydrogens (tertiary/aromatic N) is 2. The van der Waals surface area contributed by atoms with Crippen molar-refractivity contribution in [3.63, 3.8) is 0 Å². The zero-order chi connectivity index (χ0) is 32.0. The fourth-order valence-corrected chi connectivity index (χ4v) is 5.36. The van der Waals surface area contributed by atoms with Crippen molar-refractivity contribution in [3.8, 4) is 11.5 Å². The van der Waals surface area contributed by atoms with Crippen molar-refractivity contribution in [2.24, 2.45) is 0 Å². The molecule has 0 aliphatic heterocycles. The molecule has 4 rings (SSSR count). The molecule has 10 heteroatoms. The number of ether oxygens (including phenoxy) is 4. The summed E-state index contributed by atoms with van der Waals surface area (Å²) >= 11 is 0. The van der Waals surface area contributed by atoms with Crippen LogP contribution in [-0.4, -0.2) is 85.6 Å². The van der Waals surface area contributed by atoms with Gasteiger partial charge in [0.1, 0.15) is 11.5 Å². The van der Waals surface area contributed by atoms with Gasteiger partial charge >= 0.3 is 11.9 Å². The summed E-state index contributed by atoms with van der Waals surface area (Å²) in [5.74, 6) is 0.255. The Bertz CT molecular complexity index is 1520. The largest absolute Gasteiger partial charge is 0.496 e. The standard InChI is InChI=1S/C34H44N4O6/c1-9-37(5)29(17-23-19-35-25-13-21(3)15-27(41-7)33(23)25)43-31(39)11-12-32(40)44-30(38(6)10-2)18-24-20-36-26-14-22(4)16-28(42-8)34(24)26/h11-16,19-20,29-30,35-36H,9-10,17-18H2,1-8H3/b12-11+. The molecule has 2 aromatic heterocycles. The van der Waals surface area contributed by atoms with Crippen LogP contribution in [0.2, 0.25) is 0 Å². The van der Waals surface area contributed by atoms with Crippen LogP contribution in [0.5, 0.6) is 11.5 Å². The molecule has 44 heavy (non-hydrogen) atoms. The van der Waals surface area contributed by atoms with Crippen LogP contribution in [0.4, 0.5) is 0 Å². The molecular weight excluding hydrogens is 560 g/mol. The molecular formula is C34H44N4O6. The highest BCUT2D eigenvalue weighted by molar-refractivity contribution is 5.93. The zero-order valence-electron chi connectivity index (χ0n) is 26.9. The lowest BCUT2D eigenvalue weighted by molar-refractivity contribution is -0.154. The van der Waals surface area contributed by atoms with Gasteiger partial charge in [-0.05, 0) is 87.6 Å². The van der Waals surface area contributed by atoms with Crippen LogP contribution >= 0.6 is 0 Å². The molecule has 0 aliphatic carbocycles. The van der Waals surface area contributed by atoms with Gasteiger partial charge in [0.05, 0.1) is 14.2 Å². The smallest absolute Gasteiger partial charge is 0.332 e. The van der Waals surface area contributed by atoms with E-state index in [1.165, 1.54) is 0 Å². The Morgan fingerprint density at radius 2 is 1.11 bits per heavy atom. The predicted molar refractivity (Wildman–Crippen MR) is 172 cm³/mol. The van der Waals surface area contributed by atoms with Gasteiger partial charge in [-0.15, -0.1) is 0 Å². The lowest BCUT2D eigenvalue weighted by atomic mass is 10.1. The quantitative estimate of drug-likeness (QED) is 0.114. The Morgan fingerprint density at radius 1 is 0.727 bits per heavy atom. The van der Waals surface area contributed by atoms with Gasteiger partial charge in [0.15, 0.2) is 12.5 Å². The summed E-state index contributed by atoms with van der Waals surface area (Å²) in [5, 5.41) is 1.91. The molecule has 0 aliphatic rings. The van der Waals surface area contributed by atoms with Gasteiger partial charge in [-0.25, -0.2) is 9.59 Å². The third-order valence-electron chi connectivity index (χ3n) is 8.01. The van der Waals surface area contributed by atoms with Crippen molar-refractivity contribution < 1.29 is 28.5 Å². The van der Waals surface area contributed by atoms with Crippen molar-refractivity contribution in [1.29, 1.82) is 0 Å². The highest BCUT2D eigenvalue weighted by Crippen LogP contribution is 2.33. The monoisotopic (exact) mass is 604 g/mol. The van der Waals surface area contributed by atoms with Crippen LogP contribution in [0.25, 0.3) is 21.8 Å². The van der Waals surface area contributed by atoms with E-state index in [1.807, 2.05) is 76.1 Å². The average Bonchev–Trinajstić information content (AvgIpc) is 3.61. The number of aryl methyl sites for hydroxylation is 2. The minimum absolute atomic E-state index is 0.435. The molecule has 0 saturated heterocycles. The summed E-state index contributed by atoms with van der Waals surface area (Å²) < 4.78 is 22.9. The number of benzene rings is 2. The fraction of sp³-hybridized carbons (Fsp3) is 0.412. The minimum atomic E-state index is -0.632. The average molecular weight is 605 g/mol. The van der Waals surface area contributed by atoms with E-state index in [0.717, 1.165) is 67.7 Å². The maximum absolute atomic E-state index is 12.9. The molecule has 0 fully saturated rings. The maximum Gasteiger partial charge on any atom is 0.332 e. The van der Waals surface area contributed by atoms with Crippen LogP contribution in [0, 0.1) is 13.8 Å². The van der Waals surface area contributed by atoms with Gasteiger partial charge in [-0.1, -0.05) is 13.8 Å². The van der Waals surface area contributed by atoms with E-state index < -0.39 is 24.4 Å². The first-order chi connectivity index (χ1) is 21.1. The van der Waals surface area contributed by atoms with E-state index in [0.29, 0.717) is 25.9 Å². The van der Waals surface area contributed by atoms with Gasteiger partial charge in [0.2, 0.25) is 0 Å². The Morgan fingerprint density at radius 3 is 1.45 bits per heavy atom. The Balaban J connectivity index is 1.45. The van der Waals surface area contributed by atoms with Crippen molar-refractivity contribution >= 4 is 33.7 Å². The predicted octanol–water partition coefficient (Wildman–Crippen LogP) is 5.27. The van der Waals surface area contributed by atoms with Crippen LogP contribution in [0.3, 0.4) is 0 Å². The lowest BCUT2D eigenvalue weighted by Gasteiger charge is -2.26. The summed E-state index contributed by atoms with van der Waals surface area (Å²) in [5.41, 5.74) is 6.00. The SMILES string of the molecule is CCN(C)C(Cc1c[nH]c2cc(C)cc(OC)c12)OC(=O)/C=C/C(=O)OC(Cc1c[nH]c2cc(C)cc(OC)c12)N(C)CC. The van der Waals surface area contributed by atoms with Gasteiger partial charge in [0, 0.05) is 59.2 Å². The number of nitrogens with one attached hydrogen (secondary N) is 2. The van der Waals surface area contributed by atoms with Crippen molar-refractivity contribution in [2.45, 2.75) is 53.0 Å². The normalized spacial score (nSPS) is 13.2. The van der Waals surface area contributed by atoms with Crippen molar-refractivity contribution in [1.82, 2.24) is 19.8 Å². The Hall–Kier alpha value is -4.28. The van der Waals surface area contributed by atoms with E-state index >= 15 is 0 Å². The first kappa shape index (κ1) is 32.6. The molecule has 2 heterocycles. The number of hydrogen-bond acceptors (Lipinski definition) is 8. The number of H-pyrrole nitrogens is 2. The van der Waals surface area contributed by atoms with Gasteiger partial charge in [-0.3, -0.25) is 9.80 Å². The van der Waals surface area contributed by atoms with E-state index in [9.17, 15) is 9.59 Å². The number of fused-ring (bicyclic) bond motifs is 2. The summed E-state index contributed by atoms with van der Waals surface area (Å²) in [4.78, 5) is 36.3.